The Hall–Kier alpha value is -1.71. The lowest BCUT2D eigenvalue weighted by Crippen LogP contribution is -2.55. The van der Waals surface area contributed by atoms with Crippen molar-refractivity contribution in [2.45, 2.75) is 67.4 Å². The molecule has 0 bridgehead atoms. The predicted octanol–water partition coefficient (Wildman–Crippen LogP) is 2.20. The molecule has 0 saturated heterocycles. The molecular formula is C19H37N3O6. The van der Waals surface area contributed by atoms with Crippen LogP contribution in [-0.4, -0.2) is 69.2 Å². The van der Waals surface area contributed by atoms with Crippen molar-refractivity contribution in [1.82, 2.24) is 15.3 Å². The third kappa shape index (κ3) is 9.48. The molecule has 4 N–H and O–H groups in total. The van der Waals surface area contributed by atoms with Gasteiger partial charge in [0.25, 0.3) is 5.91 Å². The second-order valence-electron chi connectivity index (χ2n) is 9.55. The minimum absolute atomic E-state index is 0.0658. The van der Waals surface area contributed by atoms with Crippen molar-refractivity contribution in [3.8, 4) is 0 Å². The van der Waals surface area contributed by atoms with Gasteiger partial charge in [0.2, 0.25) is 0 Å². The summed E-state index contributed by atoms with van der Waals surface area (Å²) in [5.41, 5.74) is -1.10. The zero-order chi connectivity index (χ0) is 22.3. The van der Waals surface area contributed by atoms with Crippen molar-refractivity contribution in [3.63, 3.8) is 0 Å². The van der Waals surface area contributed by atoms with Crippen LogP contribution >= 0.6 is 0 Å². The van der Waals surface area contributed by atoms with Gasteiger partial charge in [-0.1, -0.05) is 48.5 Å². The van der Waals surface area contributed by atoms with Gasteiger partial charge in [-0.15, -0.1) is 5.06 Å². The molecule has 5 amide bonds. The fourth-order valence-corrected chi connectivity index (χ4v) is 2.13. The third-order valence-corrected chi connectivity index (χ3v) is 3.95. The van der Waals surface area contributed by atoms with Gasteiger partial charge in [-0.2, -0.15) is 0 Å². The van der Waals surface area contributed by atoms with Crippen LogP contribution in [0.2, 0.25) is 0 Å². The van der Waals surface area contributed by atoms with Gasteiger partial charge < -0.3 is 15.5 Å². The Labute approximate surface area is 167 Å². The van der Waals surface area contributed by atoms with Crippen LogP contribution in [-0.2, 0) is 4.79 Å². The molecule has 0 unspecified atom stereocenters. The maximum Gasteiger partial charge on any atom is 0.359 e. The van der Waals surface area contributed by atoms with Crippen LogP contribution in [0.1, 0.15) is 61.3 Å². The van der Waals surface area contributed by atoms with Gasteiger partial charge in [-0.05, 0) is 24.2 Å². The number of hydrogen-bond donors (Lipinski definition) is 4. The number of carbonyl (C=O) groups is 3. The zero-order valence-corrected chi connectivity index (χ0v) is 18.2. The largest absolute Gasteiger partial charge is 0.396 e. The summed E-state index contributed by atoms with van der Waals surface area (Å²) < 4.78 is 0. The smallest absolute Gasteiger partial charge is 0.359 e. The summed E-state index contributed by atoms with van der Waals surface area (Å²) >= 11 is 0. The molecule has 0 aliphatic rings. The first kappa shape index (κ1) is 26.3. The highest BCUT2D eigenvalue weighted by Gasteiger charge is 2.35. The number of hydrogen-bond acceptors (Lipinski definition) is 6. The Balaban J connectivity index is 5.29. The summed E-state index contributed by atoms with van der Waals surface area (Å²) in [6.07, 6.45) is -0.904. The van der Waals surface area contributed by atoms with Gasteiger partial charge in [0, 0.05) is 25.1 Å². The maximum atomic E-state index is 12.6. The van der Waals surface area contributed by atoms with E-state index in [2.05, 4.69) is 5.32 Å². The van der Waals surface area contributed by atoms with Crippen molar-refractivity contribution in [2.24, 2.45) is 16.7 Å². The molecule has 1 atom stereocenters. The molecule has 0 aromatic rings. The topological polar surface area (TPSA) is 130 Å². The fraction of sp³-hybridized carbons (Fsp3) is 0.842. The lowest BCUT2D eigenvalue weighted by molar-refractivity contribution is -0.164. The average Bonchev–Trinajstić information content (AvgIpc) is 2.59. The van der Waals surface area contributed by atoms with E-state index in [9.17, 15) is 29.8 Å². The molecule has 0 aliphatic heterocycles. The standard InChI is InChI=1S/C19H37N3O6/c1-13(2)8-9-14(24)15(25)22(28)17(27)21(11-18(3,4)5)16(26)20-10-19(6,7)12-23/h13-14,23-24,28H,8-12H2,1-7H3,(H,20,26)/t14-/m0/s1. The van der Waals surface area contributed by atoms with Gasteiger partial charge in [0.15, 0.2) is 0 Å². The highest BCUT2D eigenvalue weighted by molar-refractivity contribution is 6.01. The van der Waals surface area contributed by atoms with Crippen LogP contribution in [0, 0.1) is 16.7 Å². The highest BCUT2D eigenvalue weighted by Crippen LogP contribution is 2.18. The van der Waals surface area contributed by atoms with Gasteiger partial charge in [0.05, 0.1) is 0 Å². The van der Waals surface area contributed by atoms with Gasteiger partial charge in [-0.25, -0.2) is 14.5 Å². The maximum absolute atomic E-state index is 12.6. The first-order valence-corrected chi connectivity index (χ1v) is 9.52. The van der Waals surface area contributed by atoms with Gasteiger partial charge in [0.1, 0.15) is 6.10 Å². The molecule has 0 heterocycles. The predicted molar refractivity (Wildman–Crippen MR) is 105 cm³/mol. The highest BCUT2D eigenvalue weighted by atomic mass is 16.5. The van der Waals surface area contributed by atoms with Crippen LogP contribution in [0.4, 0.5) is 9.59 Å². The molecule has 0 saturated carbocycles. The average molecular weight is 404 g/mol. The van der Waals surface area contributed by atoms with E-state index in [1.807, 2.05) is 13.8 Å². The van der Waals surface area contributed by atoms with E-state index in [1.54, 1.807) is 34.6 Å². The lowest BCUT2D eigenvalue weighted by Gasteiger charge is -2.32. The van der Waals surface area contributed by atoms with Crippen LogP contribution in [0.25, 0.3) is 0 Å². The molecule has 0 spiro atoms. The summed E-state index contributed by atoms with van der Waals surface area (Å²) in [5.74, 6) is -0.934. The summed E-state index contributed by atoms with van der Waals surface area (Å²) in [5, 5.41) is 31.6. The number of hydroxylamine groups is 2. The molecule has 0 aromatic heterocycles. The third-order valence-electron chi connectivity index (χ3n) is 3.95. The molecule has 164 valence electrons. The van der Waals surface area contributed by atoms with Crippen LogP contribution in [0.15, 0.2) is 0 Å². The van der Waals surface area contributed by atoms with Crippen molar-refractivity contribution in [3.05, 3.63) is 0 Å². The quantitative estimate of drug-likeness (QED) is 0.363. The fourth-order valence-electron chi connectivity index (χ4n) is 2.13. The molecule has 0 aromatic carbocycles. The van der Waals surface area contributed by atoms with E-state index < -0.39 is 34.9 Å². The van der Waals surface area contributed by atoms with Crippen LogP contribution < -0.4 is 5.32 Å². The molecule has 9 heteroatoms. The van der Waals surface area contributed by atoms with Gasteiger partial charge in [-0.3, -0.25) is 10.0 Å². The molecule has 28 heavy (non-hydrogen) atoms. The van der Waals surface area contributed by atoms with Crippen molar-refractivity contribution in [1.29, 1.82) is 0 Å². The van der Waals surface area contributed by atoms with E-state index in [-0.39, 0.29) is 37.1 Å². The number of amides is 5. The number of nitrogens with zero attached hydrogens (tertiary/aromatic N) is 2. The van der Waals surface area contributed by atoms with E-state index in [0.29, 0.717) is 6.42 Å². The monoisotopic (exact) mass is 403 g/mol. The second-order valence-corrected chi connectivity index (χ2v) is 9.55. The Morgan fingerprint density at radius 1 is 1.04 bits per heavy atom. The number of imide groups is 2. The SMILES string of the molecule is CC(C)CC[C@H](O)C(=O)N(O)C(=O)N(CC(C)(C)C)C(=O)NCC(C)(C)CO. The van der Waals surface area contributed by atoms with Crippen LogP contribution in [0.5, 0.6) is 0 Å². The normalized spacial score (nSPS) is 13.2. The number of carbonyl (C=O) groups excluding carboxylic acids is 3. The molecule has 0 fully saturated rings. The minimum Gasteiger partial charge on any atom is -0.396 e. The number of aliphatic hydroxyl groups is 2. The number of urea groups is 2. The van der Waals surface area contributed by atoms with Crippen molar-refractivity contribution >= 4 is 18.0 Å². The minimum atomic E-state index is -1.54. The number of rotatable bonds is 8. The van der Waals surface area contributed by atoms with E-state index in [1.165, 1.54) is 0 Å². The zero-order valence-electron chi connectivity index (χ0n) is 18.2. The Kier molecular flexibility index (Phi) is 10.1. The van der Waals surface area contributed by atoms with Crippen LogP contribution in [0.3, 0.4) is 0 Å². The second kappa shape index (κ2) is 10.7. The molecule has 0 aliphatic carbocycles. The summed E-state index contributed by atoms with van der Waals surface area (Å²) in [6.45, 7) is 12.5. The van der Waals surface area contributed by atoms with E-state index >= 15 is 0 Å². The number of aliphatic hydroxyl groups excluding tert-OH is 2. The van der Waals surface area contributed by atoms with Crippen molar-refractivity contribution in [2.75, 3.05) is 19.7 Å². The Morgan fingerprint density at radius 3 is 2.00 bits per heavy atom. The molecular weight excluding hydrogens is 366 g/mol. The molecule has 0 rings (SSSR count). The number of nitrogens with one attached hydrogen (secondary N) is 1. The summed E-state index contributed by atoms with van der Waals surface area (Å²) in [4.78, 5) is 38.0. The van der Waals surface area contributed by atoms with Gasteiger partial charge >= 0.3 is 12.1 Å². The summed E-state index contributed by atoms with van der Waals surface area (Å²) in [7, 11) is 0. The first-order chi connectivity index (χ1) is 12.6. The van der Waals surface area contributed by atoms with Crippen molar-refractivity contribution < 1.29 is 29.8 Å². The Bertz CT molecular complexity index is 542. The molecule has 9 nitrogen and oxygen atoms in total. The van der Waals surface area contributed by atoms with E-state index in [4.69, 9.17) is 0 Å². The Morgan fingerprint density at radius 2 is 1.57 bits per heavy atom. The summed E-state index contributed by atoms with van der Waals surface area (Å²) in [6, 6.07) is -2.03. The first-order valence-electron chi connectivity index (χ1n) is 9.52. The van der Waals surface area contributed by atoms with E-state index in [0.717, 1.165) is 4.90 Å². The molecule has 0 radical (unpaired) electrons. The lowest BCUT2D eigenvalue weighted by atomic mass is 9.95.